The van der Waals surface area contributed by atoms with Crippen LogP contribution in [0.1, 0.15) is 11.3 Å². The van der Waals surface area contributed by atoms with Crippen LogP contribution < -0.4 is 4.90 Å². The minimum Gasteiger partial charge on any atom is -0.461 e. The van der Waals surface area contributed by atoms with Crippen molar-refractivity contribution in [3.63, 3.8) is 0 Å². The molecule has 7 aromatic carbocycles. The van der Waals surface area contributed by atoms with E-state index in [0.717, 1.165) is 39.4 Å². The summed E-state index contributed by atoms with van der Waals surface area (Å²) in [6, 6.07) is 50.1. The molecule has 0 atom stereocenters. The number of fused-ring (bicyclic) bond motifs is 6. The zero-order chi connectivity index (χ0) is 29.6. The summed E-state index contributed by atoms with van der Waals surface area (Å²) in [6.45, 7) is 1.99. The zero-order valence-electron chi connectivity index (χ0n) is 24.7. The summed E-state index contributed by atoms with van der Waals surface area (Å²) in [7, 11) is 1.79. The number of benzene rings is 7. The molecule has 0 N–H and O–H groups in total. The third kappa shape index (κ3) is 4.33. The molecular weight excluding hydrogens is 536 g/mol. The van der Waals surface area contributed by atoms with Crippen molar-refractivity contribution >= 4 is 66.6 Å². The van der Waals surface area contributed by atoms with Crippen molar-refractivity contribution in [2.24, 2.45) is 4.99 Å². The second-order valence-electron chi connectivity index (χ2n) is 11.2. The molecule has 8 rings (SSSR count). The van der Waals surface area contributed by atoms with E-state index in [2.05, 4.69) is 149 Å². The highest BCUT2D eigenvalue weighted by Gasteiger charge is 2.16. The van der Waals surface area contributed by atoms with Crippen LogP contribution in [0, 0.1) is 6.92 Å². The number of anilines is 3. The van der Waals surface area contributed by atoms with E-state index in [1.54, 1.807) is 7.05 Å². The molecule has 0 aliphatic carbocycles. The van der Waals surface area contributed by atoms with Crippen LogP contribution in [0.4, 0.5) is 17.1 Å². The molecule has 3 heteroatoms. The third-order valence-corrected chi connectivity index (χ3v) is 8.63. The third-order valence-electron chi connectivity index (χ3n) is 8.63. The zero-order valence-corrected chi connectivity index (χ0v) is 24.7. The van der Waals surface area contributed by atoms with Gasteiger partial charge in [0, 0.05) is 41.3 Å². The largest absolute Gasteiger partial charge is 0.461 e. The Hall–Kier alpha value is -5.67. The number of aliphatic imine (C=N–C) groups is 1. The van der Waals surface area contributed by atoms with E-state index in [1.165, 1.54) is 43.4 Å². The molecule has 0 unspecified atom stereocenters. The van der Waals surface area contributed by atoms with Gasteiger partial charge in [-0.15, -0.1) is 0 Å². The van der Waals surface area contributed by atoms with Crippen LogP contribution in [0.5, 0.6) is 0 Å². The Morgan fingerprint density at radius 1 is 0.523 bits per heavy atom. The molecule has 0 aliphatic heterocycles. The molecule has 1 aromatic heterocycles. The van der Waals surface area contributed by atoms with Gasteiger partial charge in [-0.05, 0) is 98.9 Å². The van der Waals surface area contributed by atoms with E-state index in [4.69, 9.17) is 4.42 Å². The molecule has 0 amide bonds. The number of furan rings is 1. The number of hydrogen-bond donors (Lipinski definition) is 0. The van der Waals surface area contributed by atoms with E-state index < -0.39 is 0 Å². The topological polar surface area (TPSA) is 28.7 Å². The normalized spacial score (nSPS) is 11.8. The highest BCUT2D eigenvalue weighted by atomic mass is 16.3. The lowest BCUT2D eigenvalue weighted by Gasteiger charge is -2.25. The molecule has 0 aliphatic rings. The Kier molecular flexibility index (Phi) is 6.23. The van der Waals surface area contributed by atoms with Crippen molar-refractivity contribution in [2.45, 2.75) is 6.92 Å². The van der Waals surface area contributed by atoms with Gasteiger partial charge in [0.05, 0.1) is 0 Å². The Bertz CT molecular complexity index is 2350. The van der Waals surface area contributed by atoms with Gasteiger partial charge in [-0.3, -0.25) is 4.99 Å². The second kappa shape index (κ2) is 10.6. The number of rotatable bonds is 5. The fraction of sp³-hybridized carbons (Fsp3) is 0.0488. The maximum absolute atomic E-state index is 6.03. The Labute approximate surface area is 256 Å². The number of hydrogen-bond acceptors (Lipinski definition) is 3. The van der Waals surface area contributed by atoms with Crippen molar-refractivity contribution < 1.29 is 4.42 Å². The van der Waals surface area contributed by atoms with Gasteiger partial charge >= 0.3 is 0 Å². The maximum Gasteiger partial charge on any atom is 0.135 e. The summed E-state index contributed by atoms with van der Waals surface area (Å²) in [5.41, 5.74) is 7.51. The molecule has 3 nitrogen and oxygen atoms in total. The van der Waals surface area contributed by atoms with Gasteiger partial charge in [0.1, 0.15) is 11.3 Å². The highest BCUT2D eigenvalue weighted by Crippen LogP contribution is 2.39. The lowest BCUT2D eigenvalue weighted by atomic mass is 9.95. The van der Waals surface area contributed by atoms with E-state index in [0.29, 0.717) is 0 Å². The van der Waals surface area contributed by atoms with Crippen LogP contribution in [0.15, 0.2) is 149 Å². The molecule has 210 valence electrons. The molecular formula is C41H30N2O. The molecule has 1 heterocycles. The first kappa shape index (κ1) is 26.0. The summed E-state index contributed by atoms with van der Waals surface area (Å²) < 4.78 is 6.03. The predicted octanol–water partition coefficient (Wildman–Crippen LogP) is 11.4. The van der Waals surface area contributed by atoms with Crippen molar-refractivity contribution in [1.82, 2.24) is 0 Å². The summed E-state index contributed by atoms with van der Waals surface area (Å²) in [5, 5.41) is 8.74. The van der Waals surface area contributed by atoms with Gasteiger partial charge in [0.25, 0.3) is 0 Å². The molecule has 0 spiro atoms. The van der Waals surface area contributed by atoms with E-state index in [-0.39, 0.29) is 0 Å². The quantitative estimate of drug-likeness (QED) is 0.153. The standard InChI is InChI=1S/C41H30N2O/c1-27-40(26-42-2)39-25-34(19-23-41(39)44-27)43(32-9-4-3-5-10-32)33-17-12-28(13-18-33)30-15-20-36-31(24-30)16-22-37-35-11-7-6-8-29(35)14-21-38(36)37/h3-26H,1-2H3/b42-26-. The molecule has 0 saturated heterocycles. The first-order chi connectivity index (χ1) is 21.7. The van der Waals surface area contributed by atoms with Crippen LogP contribution in [0.2, 0.25) is 0 Å². The number of nitrogens with zero attached hydrogens (tertiary/aromatic N) is 2. The van der Waals surface area contributed by atoms with Crippen molar-refractivity contribution in [2.75, 3.05) is 11.9 Å². The van der Waals surface area contributed by atoms with Crippen LogP contribution in [0.3, 0.4) is 0 Å². The van der Waals surface area contributed by atoms with Crippen molar-refractivity contribution in [3.05, 3.63) is 151 Å². The van der Waals surface area contributed by atoms with Crippen molar-refractivity contribution in [1.29, 1.82) is 0 Å². The summed E-state index contributed by atoms with van der Waals surface area (Å²) in [6.07, 6.45) is 1.88. The SMILES string of the molecule is C/N=C\c1c(C)oc2ccc(N(c3ccccc3)c3ccc(-c4ccc5c(ccc6c7ccccc7ccc56)c4)cc3)cc12. The minimum atomic E-state index is 0.863. The van der Waals surface area contributed by atoms with E-state index in [1.807, 2.05) is 13.1 Å². The summed E-state index contributed by atoms with van der Waals surface area (Å²) in [5.74, 6) is 0.870. The Morgan fingerprint density at radius 3 is 1.95 bits per heavy atom. The first-order valence-electron chi connectivity index (χ1n) is 14.9. The van der Waals surface area contributed by atoms with Crippen LogP contribution in [-0.2, 0) is 0 Å². The fourth-order valence-corrected chi connectivity index (χ4v) is 6.49. The average Bonchev–Trinajstić information content (AvgIpc) is 3.39. The van der Waals surface area contributed by atoms with Crippen LogP contribution >= 0.6 is 0 Å². The van der Waals surface area contributed by atoms with E-state index >= 15 is 0 Å². The van der Waals surface area contributed by atoms with Crippen LogP contribution in [0.25, 0.3) is 54.4 Å². The monoisotopic (exact) mass is 566 g/mol. The van der Waals surface area contributed by atoms with Crippen molar-refractivity contribution in [3.8, 4) is 11.1 Å². The molecule has 8 aromatic rings. The second-order valence-corrected chi connectivity index (χ2v) is 11.2. The lowest BCUT2D eigenvalue weighted by molar-refractivity contribution is 0.578. The molecule has 0 radical (unpaired) electrons. The van der Waals surface area contributed by atoms with Gasteiger partial charge in [-0.25, -0.2) is 0 Å². The summed E-state index contributed by atoms with van der Waals surface area (Å²) in [4.78, 5) is 6.55. The predicted molar refractivity (Wildman–Crippen MR) is 187 cm³/mol. The van der Waals surface area contributed by atoms with Gasteiger partial charge in [0.2, 0.25) is 0 Å². The molecule has 0 saturated carbocycles. The lowest BCUT2D eigenvalue weighted by Crippen LogP contribution is -2.09. The number of aryl methyl sites for hydroxylation is 1. The fourth-order valence-electron chi connectivity index (χ4n) is 6.49. The Morgan fingerprint density at radius 2 is 1.16 bits per heavy atom. The minimum absolute atomic E-state index is 0.863. The summed E-state index contributed by atoms with van der Waals surface area (Å²) >= 11 is 0. The first-order valence-corrected chi connectivity index (χ1v) is 14.9. The molecule has 0 bridgehead atoms. The molecule has 44 heavy (non-hydrogen) atoms. The molecule has 0 fully saturated rings. The Balaban J connectivity index is 1.19. The van der Waals surface area contributed by atoms with E-state index in [9.17, 15) is 0 Å². The van der Waals surface area contributed by atoms with Gasteiger partial charge in [0.15, 0.2) is 0 Å². The van der Waals surface area contributed by atoms with Crippen LogP contribution in [-0.4, -0.2) is 13.3 Å². The van der Waals surface area contributed by atoms with Gasteiger partial charge in [-0.1, -0.05) is 91.0 Å². The number of para-hydroxylation sites is 1. The smallest absolute Gasteiger partial charge is 0.135 e. The highest BCUT2D eigenvalue weighted by molar-refractivity contribution is 6.17. The van der Waals surface area contributed by atoms with Gasteiger partial charge < -0.3 is 9.32 Å². The van der Waals surface area contributed by atoms with Gasteiger partial charge in [-0.2, -0.15) is 0 Å². The maximum atomic E-state index is 6.03. The average molecular weight is 567 g/mol.